The molecule has 1 amide bonds. The number of amides is 1. The summed E-state index contributed by atoms with van der Waals surface area (Å²) in [4.78, 5) is 24.0. The molecule has 0 spiro atoms. The molecule has 0 bridgehead atoms. The first kappa shape index (κ1) is 28.9. The fraction of sp³-hybridized carbons (Fsp3) is 0.419. The fourth-order valence-corrected chi connectivity index (χ4v) is 5.68. The summed E-state index contributed by atoms with van der Waals surface area (Å²) >= 11 is 0. The van der Waals surface area contributed by atoms with E-state index in [0.29, 0.717) is 37.4 Å². The minimum atomic E-state index is -4.56. The molecule has 1 N–H and O–H groups in total. The molecule has 2 fully saturated rings. The zero-order valence-electron chi connectivity index (χ0n) is 23.5. The molecule has 1 unspecified atom stereocenters. The van der Waals surface area contributed by atoms with Crippen molar-refractivity contribution < 1.29 is 22.7 Å². The zero-order valence-corrected chi connectivity index (χ0v) is 23.5. The summed E-state index contributed by atoms with van der Waals surface area (Å²) in [5.74, 6) is -0.230. The number of aromatic nitrogens is 1. The van der Waals surface area contributed by atoms with Crippen LogP contribution in [0.5, 0.6) is 5.75 Å². The SMILES string of the molecule is Cc1ccc(NC(=O)c2ccccc2)c(C2CCN(c3cncc(OCCN4CCN(C)CC4)c3)C2)c1C(F)(F)F. The Kier molecular flexibility index (Phi) is 8.79. The van der Waals surface area contributed by atoms with Gasteiger partial charge in [-0.3, -0.25) is 14.7 Å². The van der Waals surface area contributed by atoms with E-state index in [2.05, 4.69) is 27.1 Å². The van der Waals surface area contributed by atoms with Gasteiger partial charge in [-0.05, 0) is 49.7 Å². The molecular formula is C31H36F3N5O2. The van der Waals surface area contributed by atoms with E-state index in [1.54, 1.807) is 48.8 Å². The van der Waals surface area contributed by atoms with E-state index in [9.17, 15) is 18.0 Å². The number of carbonyl (C=O) groups excluding carboxylic acids is 1. The minimum Gasteiger partial charge on any atom is -0.491 e. The number of nitrogens with zero attached hydrogens (tertiary/aromatic N) is 4. The lowest BCUT2D eigenvalue weighted by atomic mass is 9.88. The Morgan fingerprint density at radius 3 is 2.54 bits per heavy atom. The van der Waals surface area contributed by atoms with Crippen LogP contribution in [0.3, 0.4) is 0 Å². The standard InChI is InChI=1S/C31H36F3N5O2/c1-22-8-9-27(36-30(40)23-6-4-3-5-7-23)28(29(22)31(32,33)34)24-10-11-39(21-24)25-18-26(20-35-19-25)41-17-16-38-14-12-37(2)13-15-38/h3-9,18-20,24H,10-17,21H2,1-2H3,(H,36,40). The van der Waals surface area contributed by atoms with Gasteiger partial charge < -0.3 is 19.9 Å². The topological polar surface area (TPSA) is 60.9 Å². The molecular weight excluding hydrogens is 531 g/mol. The molecule has 2 saturated heterocycles. The molecule has 0 radical (unpaired) electrons. The van der Waals surface area contributed by atoms with Gasteiger partial charge in [0.2, 0.25) is 0 Å². The van der Waals surface area contributed by atoms with Crippen LogP contribution in [0.1, 0.15) is 39.4 Å². The molecule has 10 heteroatoms. The summed E-state index contributed by atoms with van der Waals surface area (Å²) in [7, 11) is 2.12. The number of likely N-dealkylation sites (N-methyl/N-ethyl adjacent to an activating group) is 1. The number of alkyl halides is 3. The van der Waals surface area contributed by atoms with Gasteiger partial charge in [-0.25, -0.2) is 0 Å². The number of pyridine rings is 1. The highest BCUT2D eigenvalue weighted by atomic mass is 19.4. The van der Waals surface area contributed by atoms with Crippen molar-refractivity contribution in [2.24, 2.45) is 0 Å². The lowest BCUT2D eigenvalue weighted by molar-refractivity contribution is -0.138. The summed E-state index contributed by atoms with van der Waals surface area (Å²) in [5, 5.41) is 2.76. The molecule has 0 saturated carbocycles. The van der Waals surface area contributed by atoms with E-state index in [1.165, 1.54) is 13.0 Å². The van der Waals surface area contributed by atoms with Crippen molar-refractivity contribution in [3.05, 3.63) is 83.2 Å². The quantitative estimate of drug-likeness (QED) is 0.400. The normalized spacial score (nSPS) is 18.5. The second-order valence-corrected chi connectivity index (χ2v) is 10.8. The highest BCUT2D eigenvalue weighted by Gasteiger charge is 2.40. The van der Waals surface area contributed by atoms with Crippen molar-refractivity contribution in [3.8, 4) is 5.75 Å². The van der Waals surface area contributed by atoms with Gasteiger partial charge in [0.25, 0.3) is 5.91 Å². The second-order valence-electron chi connectivity index (χ2n) is 10.8. The highest BCUT2D eigenvalue weighted by molar-refractivity contribution is 6.04. The maximum atomic E-state index is 14.4. The number of hydrogen-bond acceptors (Lipinski definition) is 6. The van der Waals surface area contributed by atoms with Crippen molar-refractivity contribution in [1.82, 2.24) is 14.8 Å². The van der Waals surface area contributed by atoms with Crippen LogP contribution in [-0.2, 0) is 6.18 Å². The molecule has 218 valence electrons. The number of nitrogens with one attached hydrogen (secondary N) is 1. The van der Waals surface area contributed by atoms with Crippen molar-refractivity contribution in [3.63, 3.8) is 0 Å². The first-order valence-electron chi connectivity index (χ1n) is 14.0. The summed E-state index contributed by atoms with van der Waals surface area (Å²) in [6.45, 7) is 7.88. The van der Waals surface area contributed by atoms with E-state index in [1.807, 2.05) is 11.0 Å². The molecule has 1 atom stereocenters. The lowest BCUT2D eigenvalue weighted by Gasteiger charge is -2.32. The molecule has 3 heterocycles. The number of piperazine rings is 1. The van der Waals surface area contributed by atoms with Gasteiger partial charge in [0.15, 0.2) is 0 Å². The molecule has 41 heavy (non-hydrogen) atoms. The average Bonchev–Trinajstić information content (AvgIpc) is 3.45. The van der Waals surface area contributed by atoms with Gasteiger partial charge in [-0.1, -0.05) is 24.3 Å². The zero-order chi connectivity index (χ0) is 29.0. The molecule has 7 nitrogen and oxygen atoms in total. The van der Waals surface area contributed by atoms with Crippen LogP contribution < -0.4 is 15.0 Å². The Bertz CT molecular complexity index is 1340. The molecule has 2 aliphatic rings. The molecule has 2 aromatic carbocycles. The van der Waals surface area contributed by atoms with E-state index < -0.39 is 23.6 Å². The molecule has 5 rings (SSSR count). The predicted octanol–water partition coefficient (Wildman–Crippen LogP) is 5.28. The van der Waals surface area contributed by atoms with Crippen molar-refractivity contribution in [2.45, 2.75) is 25.4 Å². The van der Waals surface area contributed by atoms with Crippen LogP contribution >= 0.6 is 0 Å². The van der Waals surface area contributed by atoms with Crippen molar-refractivity contribution in [2.75, 3.05) is 69.7 Å². The third-order valence-electron chi connectivity index (χ3n) is 7.95. The molecule has 2 aliphatic heterocycles. The van der Waals surface area contributed by atoms with Crippen LogP contribution in [-0.4, -0.2) is 80.2 Å². The summed E-state index contributed by atoms with van der Waals surface area (Å²) in [6, 6.07) is 13.4. The third-order valence-corrected chi connectivity index (χ3v) is 7.95. The maximum absolute atomic E-state index is 14.4. The van der Waals surface area contributed by atoms with Crippen LogP contribution in [0.4, 0.5) is 24.5 Å². The van der Waals surface area contributed by atoms with Gasteiger partial charge in [0, 0.05) is 69.0 Å². The predicted molar refractivity (Wildman–Crippen MR) is 154 cm³/mol. The monoisotopic (exact) mass is 567 g/mol. The molecule has 3 aromatic rings. The van der Waals surface area contributed by atoms with E-state index in [-0.39, 0.29) is 16.8 Å². The Labute approximate surface area is 238 Å². The smallest absolute Gasteiger partial charge is 0.417 e. The highest BCUT2D eigenvalue weighted by Crippen LogP contribution is 2.44. The largest absolute Gasteiger partial charge is 0.491 e. The van der Waals surface area contributed by atoms with E-state index in [0.717, 1.165) is 38.4 Å². The lowest BCUT2D eigenvalue weighted by Crippen LogP contribution is -2.45. The van der Waals surface area contributed by atoms with Gasteiger partial charge in [-0.2, -0.15) is 13.2 Å². The summed E-state index contributed by atoms with van der Waals surface area (Å²) < 4.78 is 49.2. The first-order valence-corrected chi connectivity index (χ1v) is 14.0. The Morgan fingerprint density at radius 1 is 1.05 bits per heavy atom. The second kappa shape index (κ2) is 12.5. The number of rotatable bonds is 8. The number of hydrogen-bond donors (Lipinski definition) is 1. The number of aryl methyl sites for hydroxylation is 1. The number of benzene rings is 2. The van der Waals surface area contributed by atoms with E-state index in [4.69, 9.17) is 4.74 Å². The number of carbonyl (C=O) groups is 1. The Balaban J connectivity index is 1.32. The van der Waals surface area contributed by atoms with Crippen LogP contribution in [0.15, 0.2) is 60.9 Å². The number of anilines is 2. The fourth-order valence-electron chi connectivity index (χ4n) is 5.68. The Morgan fingerprint density at radius 2 is 1.80 bits per heavy atom. The molecule has 0 aliphatic carbocycles. The van der Waals surface area contributed by atoms with Crippen LogP contribution in [0.2, 0.25) is 0 Å². The van der Waals surface area contributed by atoms with Gasteiger partial charge in [0.1, 0.15) is 12.4 Å². The van der Waals surface area contributed by atoms with Crippen molar-refractivity contribution >= 4 is 17.3 Å². The summed E-state index contributed by atoms with van der Waals surface area (Å²) in [6.07, 6.45) is -0.663. The average molecular weight is 568 g/mol. The summed E-state index contributed by atoms with van der Waals surface area (Å²) in [5.41, 5.74) is 0.992. The van der Waals surface area contributed by atoms with E-state index >= 15 is 0 Å². The third kappa shape index (κ3) is 7.00. The Hall–Kier alpha value is -3.63. The van der Waals surface area contributed by atoms with Crippen LogP contribution in [0, 0.1) is 6.92 Å². The van der Waals surface area contributed by atoms with Crippen LogP contribution in [0.25, 0.3) is 0 Å². The maximum Gasteiger partial charge on any atom is 0.417 e. The number of ether oxygens (including phenoxy) is 1. The van der Waals surface area contributed by atoms with Crippen molar-refractivity contribution in [1.29, 1.82) is 0 Å². The van der Waals surface area contributed by atoms with Gasteiger partial charge in [0.05, 0.1) is 23.6 Å². The molecule has 1 aromatic heterocycles. The van der Waals surface area contributed by atoms with Gasteiger partial charge >= 0.3 is 6.18 Å². The van der Waals surface area contributed by atoms with Gasteiger partial charge in [-0.15, -0.1) is 0 Å². The first-order chi connectivity index (χ1) is 19.7. The number of halogens is 3. The minimum absolute atomic E-state index is 0.136.